The van der Waals surface area contributed by atoms with E-state index in [1.807, 2.05) is 264 Å². The fraction of sp³-hybridized carbons (Fsp3) is 0.108. The number of unbranched alkanes of at least 4 members (excludes halogenated alkanes) is 2. The third-order valence-electron chi connectivity index (χ3n) is 14.3. The maximum absolute atomic E-state index is 15.0. The number of carbonyl (C=O) groups excluding carboxylic acids is 3. The topological polar surface area (TPSA) is 160 Å². The Bertz CT molecular complexity index is 3870. The lowest BCUT2D eigenvalue weighted by Crippen LogP contribution is -2.34. The number of anilines is 4. The van der Waals surface area contributed by atoms with Gasteiger partial charge in [0.25, 0.3) is 0 Å². The van der Waals surface area contributed by atoms with Gasteiger partial charge >= 0.3 is 17.2 Å². The summed E-state index contributed by atoms with van der Waals surface area (Å²) >= 11 is 0. The van der Waals surface area contributed by atoms with Gasteiger partial charge in [0.05, 0.1) is 24.6 Å². The van der Waals surface area contributed by atoms with Crippen LogP contribution in [0.5, 0.6) is 23.0 Å². The smallest absolute Gasteiger partial charge is 0.463 e. The number of benzene rings is 9. The van der Waals surface area contributed by atoms with Crippen LogP contribution in [-0.4, -0.2) is 36.5 Å². The molecule has 0 bridgehead atoms. The molecular weight excluding hydrogens is 1170 g/mol. The van der Waals surface area contributed by atoms with Crippen LogP contribution < -0.4 is 43.3 Å². The standard InChI is InChI=1S/C74H64N4O10P2/c79-69(45-25-27-51-83-89(85-61-37-17-5-18-38-61)86-62-39-19-6-20-40-62)75-67-53-59(77(55-29-9-1-10-30-55)56-31-11-2-12-32-56)47-49-65(67)71-73(81)72(74(71)82)66-50-48-60(78(57-33-13-3-14-34-57)58-35-15-4-16-36-58)54-68(66)76-70(80)46-26-28-52-84-90(87-63-41-21-7-22-42-63)88-64-43-23-8-24-44-64/h1-24,29-44,47-50,53-54H,25-28,45-46,51-52H2,(H2,75,76,79,80,81,82). The van der Waals surface area contributed by atoms with Gasteiger partial charge in [-0.05, 0) is 117 Å². The lowest BCUT2D eigenvalue weighted by molar-refractivity contribution is -0.297. The minimum Gasteiger partial charge on any atom is -0.871 e. The van der Waals surface area contributed by atoms with Gasteiger partial charge in [0.1, 0.15) is 23.0 Å². The van der Waals surface area contributed by atoms with Gasteiger partial charge in [-0.3, -0.25) is 23.4 Å². The largest absolute Gasteiger partial charge is 0.871 e. The molecule has 0 aromatic heterocycles. The minimum atomic E-state index is -1.83. The maximum atomic E-state index is 15.0. The molecule has 0 radical (unpaired) electrons. The first-order chi connectivity index (χ1) is 44.3. The van der Waals surface area contributed by atoms with E-state index in [9.17, 15) is 9.59 Å². The number of allylic oxidation sites excluding steroid dienone is 5. The molecule has 2 amide bonds. The maximum Gasteiger partial charge on any atom is 0.463 e. The van der Waals surface area contributed by atoms with Gasteiger partial charge in [-0.2, -0.15) is 4.58 Å². The van der Waals surface area contributed by atoms with Gasteiger partial charge in [0.2, 0.25) is 28.9 Å². The van der Waals surface area contributed by atoms with Crippen molar-refractivity contribution in [3.63, 3.8) is 0 Å². The zero-order valence-electron chi connectivity index (χ0n) is 49.1. The highest BCUT2D eigenvalue weighted by Crippen LogP contribution is 2.46. The van der Waals surface area contributed by atoms with Gasteiger partial charge in [-0.1, -0.05) is 157 Å². The summed E-state index contributed by atoms with van der Waals surface area (Å²) in [5, 5.41) is 21.2. The number of amides is 2. The van der Waals surface area contributed by atoms with Crippen molar-refractivity contribution in [2.75, 3.05) is 23.4 Å². The molecule has 0 saturated heterocycles. The molecule has 14 nitrogen and oxygen atoms in total. The average molecular weight is 1230 g/mol. The summed E-state index contributed by atoms with van der Waals surface area (Å²) in [6.07, 6.45) is 7.39. The van der Waals surface area contributed by atoms with Gasteiger partial charge in [0, 0.05) is 88.6 Å². The second-order valence-corrected chi connectivity index (χ2v) is 22.8. The van der Waals surface area contributed by atoms with Crippen LogP contribution >= 0.6 is 17.2 Å². The minimum absolute atomic E-state index is 0.0950. The average Bonchev–Trinajstić information content (AvgIpc) is 0.766. The molecule has 0 fully saturated rings. The van der Waals surface area contributed by atoms with Crippen LogP contribution in [0.4, 0.5) is 34.1 Å². The quantitative estimate of drug-likeness (QED) is 0.0208. The molecule has 0 unspecified atom stereocenters. The lowest BCUT2D eigenvalue weighted by atomic mass is 9.78. The Kier molecular flexibility index (Phi) is 21.2. The Morgan fingerprint density at radius 1 is 0.444 bits per heavy atom. The molecule has 0 aliphatic heterocycles. The van der Waals surface area contributed by atoms with Crippen molar-refractivity contribution < 1.29 is 46.6 Å². The molecule has 0 saturated carbocycles. The molecule has 0 spiro atoms. The number of para-hydroxylation sites is 8. The van der Waals surface area contributed by atoms with Gasteiger partial charge in [0.15, 0.2) is 5.78 Å². The third kappa shape index (κ3) is 16.3. The first-order valence-corrected chi connectivity index (χ1v) is 31.8. The van der Waals surface area contributed by atoms with Crippen molar-refractivity contribution in [2.24, 2.45) is 0 Å². The summed E-state index contributed by atoms with van der Waals surface area (Å²) in [5.41, 5.74) is 5.61. The van der Waals surface area contributed by atoms with Crippen LogP contribution in [-0.2, 0) is 23.4 Å². The number of hydrogen-bond acceptors (Lipinski definition) is 11. The molecule has 2 aliphatic carbocycles. The summed E-state index contributed by atoms with van der Waals surface area (Å²) in [6, 6.07) is 81.6. The summed E-state index contributed by atoms with van der Waals surface area (Å²) in [5.74, 6) is 0.657. The molecule has 0 heterocycles. The van der Waals surface area contributed by atoms with Crippen molar-refractivity contribution in [3.8, 4) is 23.0 Å². The van der Waals surface area contributed by atoms with E-state index >= 15 is 9.90 Å². The first kappa shape index (κ1) is 61.4. The zero-order valence-corrected chi connectivity index (χ0v) is 50.9. The number of ketones is 1. The molecule has 450 valence electrons. The van der Waals surface area contributed by atoms with Crippen LogP contribution in [0.3, 0.4) is 0 Å². The Labute approximate surface area is 526 Å². The Hall–Kier alpha value is -10.2. The van der Waals surface area contributed by atoms with Crippen LogP contribution in [0.1, 0.15) is 44.1 Å². The zero-order chi connectivity index (χ0) is 61.7. The van der Waals surface area contributed by atoms with Gasteiger partial charge in [-0.25, -0.2) is 0 Å². The van der Waals surface area contributed by atoms with Crippen LogP contribution in [0, 0.1) is 0 Å². The molecule has 11 rings (SSSR count). The molecular formula is C74H64N4O10P2. The van der Waals surface area contributed by atoms with Crippen molar-refractivity contribution in [3.05, 3.63) is 307 Å². The molecule has 2 N–H and O–H groups in total. The molecule has 9 aromatic carbocycles. The molecule has 90 heavy (non-hydrogen) atoms. The van der Waals surface area contributed by atoms with E-state index in [1.165, 1.54) is 0 Å². The number of nitrogens with one attached hydrogen (secondary N) is 2. The Morgan fingerprint density at radius 3 is 1.27 bits per heavy atom. The van der Waals surface area contributed by atoms with E-state index in [2.05, 4.69) is 10.6 Å². The van der Waals surface area contributed by atoms with Crippen LogP contribution in [0.2, 0.25) is 0 Å². The monoisotopic (exact) mass is 1230 g/mol. The Morgan fingerprint density at radius 2 is 0.844 bits per heavy atom. The van der Waals surface area contributed by atoms with Crippen molar-refractivity contribution in [2.45, 2.75) is 38.5 Å². The molecule has 2 aliphatic rings. The van der Waals surface area contributed by atoms with E-state index in [1.54, 1.807) is 24.3 Å². The predicted molar refractivity (Wildman–Crippen MR) is 355 cm³/mol. The van der Waals surface area contributed by atoms with Crippen LogP contribution in [0.25, 0.3) is 5.57 Å². The van der Waals surface area contributed by atoms with E-state index in [0.29, 0.717) is 60.1 Å². The number of carbonyl (C=O) groups is 3. The molecule has 0 atom stereocenters. The predicted octanol–water partition coefficient (Wildman–Crippen LogP) is 16.7. The highest BCUT2D eigenvalue weighted by atomic mass is 31.2. The van der Waals surface area contributed by atoms with Crippen LogP contribution in [0.15, 0.2) is 302 Å². The Balaban J connectivity index is 0.866. The fourth-order valence-corrected chi connectivity index (χ4v) is 12.0. The van der Waals surface area contributed by atoms with E-state index in [4.69, 9.17) is 27.1 Å². The molecule has 9 aromatic rings. The fourth-order valence-electron chi connectivity index (χ4n) is 9.96. The summed E-state index contributed by atoms with van der Waals surface area (Å²) in [7, 11) is -3.66. The van der Waals surface area contributed by atoms with E-state index < -0.39 is 28.7 Å². The van der Waals surface area contributed by atoms with Gasteiger partial charge in [-0.15, -0.1) is 0 Å². The highest BCUT2D eigenvalue weighted by Gasteiger charge is 2.35. The lowest BCUT2D eigenvalue weighted by Gasteiger charge is -2.34. The normalized spacial score (nSPS) is 13.5. The van der Waals surface area contributed by atoms with E-state index in [0.717, 1.165) is 22.7 Å². The van der Waals surface area contributed by atoms with Crippen molar-refractivity contribution in [1.82, 2.24) is 9.89 Å². The second-order valence-electron chi connectivity index (χ2n) is 20.6. The highest BCUT2D eigenvalue weighted by molar-refractivity contribution is 7.42. The molecule has 16 heteroatoms. The number of rotatable bonds is 28. The SMILES string of the molecule is O=C(CCCCOP(Oc1ccccc1)Oc1ccccc1)NC1=CC(=[N+](c2ccccc2)c2ccccc2)C=C/C1=C1\C(=O)C(c2ccc(N(c3ccccc3)c3ccccc3)cc2NC(=O)CCCCOP(Oc2ccccc2)Oc2ccccc2)=C1[O-]. The number of Topliss-reactive ketones (excluding diaryl/α,β-unsaturated/α-hetero) is 1. The summed E-state index contributed by atoms with van der Waals surface area (Å²) in [4.78, 5) is 45.5. The number of nitrogens with zero attached hydrogens (tertiary/aromatic N) is 2. The van der Waals surface area contributed by atoms with Gasteiger partial charge < -0.3 is 38.7 Å². The second kappa shape index (κ2) is 31.1. The summed E-state index contributed by atoms with van der Waals surface area (Å²) < 4.78 is 38.7. The van der Waals surface area contributed by atoms with Crippen molar-refractivity contribution >= 4 is 80.2 Å². The van der Waals surface area contributed by atoms with E-state index in [-0.39, 0.29) is 71.5 Å². The third-order valence-corrected chi connectivity index (χ3v) is 16.5. The summed E-state index contributed by atoms with van der Waals surface area (Å²) in [6.45, 7) is 0.490. The number of hydrogen-bond donors (Lipinski definition) is 2. The van der Waals surface area contributed by atoms with Crippen molar-refractivity contribution in [1.29, 1.82) is 0 Å². The first-order valence-electron chi connectivity index (χ1n) is 29.6.